The van der Waals surface area contributed by atoms with E-state index in [4.69, 9.17) is 5.14 Å². The first-order valence-electron chi connectivity index (χ1n) is 3.73. The van der Waals surface area contributed by atoms with Crippen molar-refractivity contribution in [3.63, 3.8) is 0 Å². The zero-order valence-electron chi connectivity index (χ0n) is 7.38. The van der Waals surface area contributed by atoms with E-state index in [0.717, 1.165) is 0 Å². The third kappa shape index (κ3) is 3.57. The number of nitro benzene ring substituents is 1. The van der Waals surface area contributed by atoms with Gasteiger partial charge in [0.2, 0.25) is 10.0 Å². The van der Waals surface area contributed by atoms with Crippen LogP contribution in [0.2, 0.25) is 0 Å². The minimum atomic E-state index is -3.77. The van der Waals surface area contributed by atoms with Gasteiger partial charge in [-0.3, -0.25) is 10.1 Å². The lowest BCUT2D eigenvalue weighted by Gasteiger charge is -2.01. The summed E-state index contributed by atoms with van der Waals surface area (Å²) in [7, 11) is -3.77. The zero-order chi connectivity index (χ0) is 11.6. The molecule has 6 nitrogen and oxygen atoms in total. The summed E-state index contributed by atoms with van der Waals surface area (Å²) in [6.45, 7) is 0. The number of halogens is 1. The topological polar surface area (TPSA) is 103 Å². The quantitative estimate of drug-likeness (QED) is 0.667. The SMILES string of the molecule is NS(=O)(=O)Cc1ccc(Br)cc1[N+](=O)[O-]. The van der Waals surface area contributed by atoms with Gasteiger partial charge in [-0.2, -0.15) is 0 Å². The molecule has 8 heteroatoms. The lowest BCUT2D eigenvalue weighted by atomic mass is 10.2. The second kappa shape index (κ2) is 4.25. The lowest BCUT2D eigenvalue weighted by molar-refractivity contribution is -0.385. The maximum absolute atomic E-state index is 10.8. The number of nitro groups is 1. The second-order valence-electron chi connectivity index (χ2n) is 2.84. The minimum absolute atomic E-state index is 0.0747. The van der Waals surface area contributed by atoms with E-state index in [-0.39, 0.29) is 11.3 Å². The van der Waals surface area contributed by atoms with Crippen LogP contribution in [0.4, 0.5) is 5.69 Å². The zero-order valence-corrected chi connectivity index (χ0v) is 9.79. The van der Waals surface area contributed by atoms with Gasteiger partial charge in [0, 0.05) is 16.1 Å². The number of sulfonamides is 1. The van der Waals surface area contributed by atoms with Gasteiger partial charge in [0.25, 0.3) is 5.69 Å². The molecule has 15 heavy (non-hydrogen) atoms. The summed E-state index contributed by atoms with van der Waals surface area (Å²) in [6.07, 6.45) is 0. The fourth-order valence-electron chi connectivity index (χ4n) is 1.05. The molecular weight excluding hydrogens is 288 g/mol. The van der Waals surface area contributed by atoms with Gasteiger partial charge >= 0.3 is 0 Å². The van der Waals surface area contributed by atoms with Crippen LogP contribution < -0.4 is 5.14 Å². The van der Waals surface area contributed by atoms with Gasteiger partial charge in [-0.25, -0.2) is 13.6 Å². The third-order valence-corrected chi connectivity index (χ3v) is 2.81. The van der Waals surface area contributed by atoms with Crippen molar-refractivity contribution in [1.29, 1.82) is 0 Å². The fraction of sp³-hybridized carbons (Fsp3) is 0.143. The van der Waals surface area contributed by atoms with Gasteiger partial charge in [-0.1, -0.05) is 15.9 Å². The molecule has 0 unspecified atom stereocenters. The van der Waals surface area contributed by atoms with Crippen molar-refractivity contribution in [2.45, 2.75) is 5.75 Å². The van der Waals surface area contributed by atoms with Gasteiger partial charge < -0.3 is 0 Å². The number of nitrogens with zero attached hydrogens (tertiary/aromatic N) is 1. The molecule has 0 aliphatic rings. The summed E-state index contributed by atoms with van der Waals surface area (Å²) in [6, 6.07) is 4.11. The Morgan fingerprint density at radius 3 is 2.53 bits per heavy atom. The molecule has 0 bridgehead atoms. The summed E-state index contributed by atoms with van der Waals surface area (Å²) < 4.78 is 22.1. The Morgan fingerprint density at radius 2 is 2.07 bits per heavy atom. The molecule has 0 aliphatic carbocycles. The number of hydrogen-bond donors (Lipinski definition) is 1. The van der Waals surface area contributed by atoms with E-state index < -0.39 is 20.7 Å². The van der Waals surface area contributed by atoms with Crippen molar-refractivity contribution < 1.29 is 13.3 Å². The molecule has 82 valence electrons. The van der Waals surface area contributed by atoms with Crippen molar-refractivity contribution in [2.75, 3.05) is 0 Å². The molecule has 2 N–H and O–H groups in total. The van der Waals surface area contributed by atoms with E-state index in [1.165, 1.54) is 18.2 Å². The standard InChI is InChI=1S/C7H7BrN2O4S/c8-6-2-1-5(4-15(9,13)14)7(3-6)10(11)12/h1-3H,4H2,(H2,9,13,14). The molecule has 1 aromatic carbocycles. The molecular formula is C7H7BrN2O4S. The van der Waals surface area contributed by atoms with Crippen LogP contribution >= 0.6 is 15.9 Å². The summed E-state index contributed by atoms with van der Waals surface area (Å²) >= 11 is 3.06. The summed E-state index contributed by atoms with van der Waals surface area (Å²) in [4.78, 5) is 9.96. The van der Waals surface area contributed by atoms with Crippen LogP contribution in [-0.2, 0) is 15.8 Å². The summed E-state index contributed by atoms with van der Waals surface area (Å²) in [5.74, 6) is -0.545. The highest BCUT2D eigenvalue weighted by Gasteiger charge is 2.17. The Balaban J connectivity index is 3.24. The van der Waals surface area contributed by atoms with Crippen LogP contribution in [0, 0.1) is 10.1 Å². The van der Waals surface area contributed by atoms with Gasteiger partial charge in [0.05, 0.1) is 10.7 Å². The van der Waals surface area contributed by atoms with Gasteiger partial charge in [0.15, 0.2) is 0 Å². The van der Waals surface area contributed by atoms with E-state index in [1.54, 1.807) is 0 Å². The number of hydrogen-bond acceptors (Lipinski definition) is 4. The van der Waals surface area contributed by atoms with E-state index in [0.29, 0.717) is 4.47 Å². The summed E-state index contributed by atoms with van der Waals surface area (Å²) in [5.41, 5.74) is -0.191. The Bertz CT molecular complexity index is 500. The lowest BCUT2D eigenvalue weighted by Crippen LogP contribution is -2.15. The van der Waals surface area contributed by atoms with Gasteiger partial charge in [0.1, 0.15) is 0 Å². The minimum Gasteiger partial charge on any atom is -0.258 e. The number of nitrogens with two attached hydrogens (primary N) is 1. The molecule has 0 radical (unpaired) electrons. The predicted octanol–water partition coefficient (Wildman–Crippen LogP) is 1.15. The molecule has 0 saturated heterocycles. The van der Waals surface area contributed by atoms with Crippen molar-refractivity contribution in [3.05, 3.63) is 38.3 Å². The monoisotopic (exact) mass is 294 g/mol. The smallest absolute Gasteiger partial charge is 0.258 e. The Hall–Kier alpha value is -0.990. The molecule has 1 aromatic rings. The van der Waals surface area contributed by atoms with Crippen molar-refractivity contribution in [3.8, 4) is 0 Å². The maximum Gasteiger partial charge on any atom is 0.274 e. The van der Waals surface area contributed by atoms with Crippen LogP contribution in [0.5, 0.6) is 0 Å². The normalized spacial score (nSPS) is 11.3. The van der Waals surface area contributed by atoms with Crippen LogP contribution in [0.15, 0.2) is 22.7 Å². The number of benzene rings is 1. The highest BCUT2D eigenvalue weighted by Crippen LogP contribution is 2.24. The first-order valence-corrected chi connectivity index (χ1v) is 6.24. The number of primary sulfonamides is 1. The average Bonchev–Trinajstić information content (AvgIpc) is 2.05. The van der Waals surface area contributed by atoms with Crippen LogP contribution in [0.25, 0.3) is 0 Å². The molecule has 0 heterocycles. The first kappa shape index (κ1) is 12.1. The van der Waals surface area contributed by atoms with Crippen molar-refractivity contribution in [1.82, 2.24) is 0 Å². The fourth-order valence-corrected chi connectivity index (χ4v) is 2.07. The van der Waals surface area contributed by atoms with E-state index >= 15 is 0 Å². The van der Waals surface area contributed by atoms with Crippen LogP contribution in [0.3, 0.4) is 0 Å². The molecule has 0 saturated carbocycles. The van der Waals surface area contributed by atoms with E-state index in [9.17, 15) is 18.5 Å². The van der Waals surface area contributed by atoms with Crippen LogP contribution in [-0.4, -0.2) is 13.3 Å². The molecule has 0 spiro atoms. The second-order valence-corrected chi connectivity index (χ2v) is 5.37. The highest BCUT2D eigenvalue weighted by atomic mass is 79.9. The summed E-state index contributed by atoms with van der Waals surface area (Å²) in [5, 5.41) is 15.4. The molecule has 0 aromatic heterocycles. The average molecular weight is 295 g/mol. The Morgan fingerprint density at radius 1 is 1.47 bits per heavy atom. The molecule has 1 rings (SSSR count). The predicted molar refractivity (Wildman–Crippen MR) is 57.6 cm³/mol. The third-order valence-electron chi connectivity index (χ3n) is 1.60. The molecule has 0 atom stereocenters. The van der Waals surface area contributed by atoms with E-state index in [1.807, 2.05) is 0 Å². The maximum atomic E-state index is 10.8. The van der Waals surface area contributed by atoms with Gasteiger partial charge in [-0.05, 0) is 12.1 Å². The molecule has 0 aliphatic heterocycles. The Labute approximate surface area is 94.4 Å². The van der Waals surface area contributed by atoms with Gasteiger partial charge in [-0.15, -0.1) is 0 Å². The molecule has 0 amide bonds. The Kier molecular flexibility index (Phi) is 3.42. The van der Waals surface area contributed by atoms with Crippen LogP contribution in [0.1, 0.15) is 5.56 Å². The van der Waals surface area contributed by atoms with E-state index in [2.05, 4.69) is 15.9 Å². The van der Waals surface area contributed by atoms with Crippen molar-refractivity contribution in [2.24, 2.45) is 5.14 Å². The largest absolute Gasteiger partial charge is 0.274 e. The first-order chi connectivity index (χ1) is 6.79. The highest BCUT2D eigenvalue weighted by molar-refractivity contribution is 9.10. The van der Waals surface area contributed by atoms with Crippen molar-refractivity contribution >= 4 is 31.6 Å². The number of rotatable bonds is 3. The molecule has 0 fully saturated rings.